The lowest BCUT2D eigenvalue weighted by molar-refractivity contribution is -0.130. The van der Waals surface area contributed by atoms with Gasteiger partial charge in [-0.25, -0.2) is 0 Å². The second kappa shape index (κ2) is 7.83. The number of carbonyl (C=O) groups is 1. The van der Waals surface area contributed by atoms with Crippen LogP contribution >= 0.6 is 12.2 Å². The highest BCUT2D eigenvalue weighted by molar-refractivity contribution is 7.80. The molecule has 0 atom stereocenters. The molecule has 0 saturated heterocycles. The van der Waals surface area contributed by atoms with Crippen molar-refractivity contribution in [3.05, 3.63) is 0 Å². The molecule has 19 heavy (non-hydrogen) atoms. The molecule has 0 radical (unpaired) electrons. The topological polar surface area (TPSA) is 55.1 Å². The summed E-state index contributed by atoms with van der Waals surface area (Å²) in [6.45, 7) is 10.3. The summed E-state index contributed by atoms with van der Waals surface area (Å²) >= 11 is 5.21. The zero-order valence-electron chi connectivity index (χ0n) is 13.1. The number of nitrogens with two attached hydrogens (primary N) is 1. The Morgan fingerprint density at radius 3 is 1.79 bits per heavy atom. The lowest BCUT2D eigenvalue weighted by Gasteiger charge is -2.36. The van der Waals surface area contributed by atoms with E-state index >= 15 is 0 Å². The number of carbonyl (C=O) groups excluding carboxylic acids is 1. The van der Waals surface area contributed by atoms with Gasteiger partial charge in [0.1, 0.15) is 0 Å². The summed E-state index contributed by atoms with van der Waals surface area (Å²) in [5, 5.41) is 3.14. The van der Waals surface area contributed by atoms with Gasteiger partial charge in [0.25, 0.3) is 0 Å². The summed E-state index contributed by atoms with van der Waals surface area (Å²) in [5.41, 5.74) is 5.03. The van der Waals surface area contributed by atoms with Gasteiger partial charge in [0.2, 0.25) is 5.91 Å². The van der Waals surface area contributed by atoms with Gasteiger partial charge in [0, 0.05) is 5.54 Å². The van der Waals surface area contributed by atoms with Crippen LogP contribution in [0.15, 0.2) is 0 Å². The highest BCUT2D eigenvalue weighted by Gasteiger charge is 2.41. The molecule has 0 fully saturated rings. The van der Waals surface area contributed by atoms with E-state index in [9.17, 15) is 4.79 Å². The van der Waals surface area contributed by atoms with E-state index in [-0.39, 0.29) is 11.4 Å². The predicted octanol–water partition coefficient (Wildman–Crippen LogP) is 3.55. The largest absolute Gasteiger partial charge is 0.392 e. The Morgan fingerprint density at radius 2 is 1.47 bits per heavy atom. The van der Waals surface area contributed by atoms with E-state index in [0.717, 1.165) is 38.5 Å². The van der Waals surface area contributed by atoms with Crippen LogP contribution in [0.5, 0.6) is 0 Å². The number of thiocarbonyl (C=S) groups is 1. The van der Waals surface area contributed by atoms with E-state index in [4.69, 9.17) is 18.0 Å². The van der Waals surface area contributed by atoms with Crippen molar-refractivity contribution in [2.24, 2.45) is 11.1 Å². The van der Waals surface area contributed by atoms with Crippen molar-refractivity contribution >= 4 is 23.1 Å². The SMILES string of the molecule is CCCC(C)(C)NC(=O)C(CCC)(CCC)C(N)=S. The second-order valence-electron chi connectivity index (χ2n) is 6.03. The van der Waals surface area contributed by atoms with Crippen LogP contribution in [0.2, 0.25) is 0 Å². The first-order chi connectivity index (χ1) is 8.75. The van der Waals surface area contributed by atoms with Crippen LogP contribution in [0.1, 0.15) is 73.1 Å². The van der Waals surface area contributed by atoms with Crippen molar-refractivity contribution in [2.45, 2.75) is 78.7 Å². The van der Waals surface area contributed by atoms with Crippen LogP contribution in [0.25, 0.3) is 0 Å². The molecule has 1 amide bonds. The van der Waals surface area contributed by atoms with E-state index in [1.807, 2.05) is 0 Å². The molecule has 112 valence electrons. The summed E-state index contributed by atoms with van der Waals surface area (Å²) in [7, 11) is 0. The molecule has 4 heteroatoms. The molecule has 3 nitrogen and oxygen atoms in total. The lowest BCUT2D eigenvalue weighted by atomic mass is 9.77. The highest BCUT2D eigenvalue weighted by Crippen LogP contribution is 2.32. The molecule has 0 aromatic heterocycles. The number of hydrogen-bond donors (Lipinski definition) is 2. The molecule has 0 heterocycles. The number of nitrogens with one attached hydrogen (secondary N) is 1. The van der Waals surface area contributed by atoms with Crippen LogP contribution in [-0.4, -0.2) is 16.4 Å². The summed E-state index contributed by atoms with van der Waals surface area (Å²) in [6, 6.07) is 0. The maximum atomic E-state index is 12.7. The fraction of sp³-hybridized carbons (Fsp3) is 0.867. The number of amides is 1. The molecule has 0 saturated carbocycles. The van der Waals surface area contributed by atoms with Gasteiger partial charge in [0.05, 0.1) is 10.4 Å². The molecule has 0 bridgehead atoms. The monoisotopic (exact) mass is 286 g/mol. The second-order valence-corrected chi connectivity index (χ2v) is 6.47. The van der Waals surface area contributed by atoms with Gasteiger partial charge < -0.3 is 11.1 Å². The Labute approximate surface area is 123 Å². The third kappa shape index (κ3) is 5.09. The number of hydrogen-bond acceptors (Lipinski definition) is 2. The third-order valence-corrected chi connectivity index (χ3v) is 3.98. The average Bonchev–Trinajstić information content (AvgIpc) is 2.27. The van der Waals surface area contributed by atoms with Crippen molar-refractivity contribution in [3.63, 3.8) is 0 Å². The Balaban J connectivity index is 5.15. The molecule has 0 unspecified atom stereocenters. The van der Waals surface area contributed by atoms with Gasteiger partial charge in [-0.2, -0.15) is 0 Å². The van der Waals surface area contributed by atoms with Gasteiger partial charge in [-0.3, -0.25) is 4.79 Å². The third-order valence-electron chi connectivity index (χ3n) is 3.59. The molecular weight excluding hydrogens is 256 g/mol. The van der Waals surface area contributed by atoms with Crippen LogP contribution in [0, 0.1) is 5.41 Å². The fourth-order valence-corrected chi connectivity index (χ4v) is 2.98. The molecule has 0 rings (SSSR count). The van der Waals surface area contributed by atoms with Gasteiger partial charge >= 0.3 is 0 Å². The number of rotatable bonds is 9. The van der Waals surface area contributed by atoms with E-state index < -0.39 is 5.41 Å². The highest BCUT2D eigenvalue weighted by atomic mass is 32.1. The lowest BCUT2D eigenvalue weighted by Crippen LogP contribution is -2.54. The minimum atomic E-state index is -0.677. The normalized spacial score (nSPS) is 12.3. The van der Waals surface area contributed by atoms with Crippen molar-refractivity contribution in [3.8, 4) is 0 Å². The van der Waals surface area contributed by atoms with Gasteiger partial charge in [-0.05, 0) is 33.1 Å². The van der Waals surface area contributed by atoms with E-state index in [1.165, 1.54) is 0 Å². The van der Waals surface area contributed by atoms with Crippen molar-refractivity contribution in [2.75, 3.05) is 0 Å². The molecule has 0 spiro atoms. The first-order valence-electron chi connectivity index (χ1n) is 7.38. The minimum Gasteiger partial charge on any atom is -0.392 e. The van der Waals surface area contributed by atoms with E-state index in [2.05, 4.69) is 39.9 Å². The molecule has 0 aromatic rings. The van der Waals surface area contributed by atoms with Crippen LogP contribution in [0.3, 0.4) is 0 Å². The van der Waals surface area contributed by atoms with E-state index in [1.54, 1.807) is 0 Å². The quantitative estimate of drug-likeness (QED) is 0.637. The average molecular weight is 286 g/mol. The smallest absolute Gasteiger partial charge is 0.233 e. The zero-order valence-corrected chi connectivity index (χ0v) is 14.0. The molecular formula is C15H30N2OS. The van der Waals surface area contributed by atoms with E-state index in [0.29, 0.717) is 4.99 Å². The van der Waals surface area contributed by atoms with Crippen molar-refractivity contribution in [1.82, 2.24) is 5.32 Å². The Morgan fingerprint density at radius 1 is 1.05 bits per heavy atom. The van der Waals surface area contributed by atoms with Gasteiger partial charge in [0.15, 0.2) is 0 Å². The van der Waals surface area contributed by atoms with Crippen LogP contribution in [-0.2, 0) is 4.79 Å². The maximum Gasteiger partial charge on any atom is 0.233 e. The predicted molar refractivity (Wildman–Crippen MR) is 86.2 cm³/mol. The Kier molecular flexibility index (Phi) is 7.57. The summed E-state index contributed by atoms with van der Waals surface area (Å²) in [4.78, 5) is 13.0. The molecule has 0 aliphatic rings. The Hall–Kier alpha value is -0.640. The van der Waals surface area contributed by atoms with Gasteiger partial charge in [-0.1, -0.05) is 52.3 Å². The Bertz CT molecular complexity index is 307. The fourth-order valence-electron chi connectivity index (χ4n) is 2.68. The molecule has 3 N–H and O–H groups in total. The van der Waals surface area contributed by atoms with Crippen LogP contribution < -0.4 is 11.1 Å². The molecule has 0 aliphatic carbocycles. The molecule has 0 aliphatic heterocycles. The van der Waals surface area contributed by atoms with Gasteiger partial charge in [-0.15, -0.1) is 0 Å². The standard InChI is InChI=1S/C15H30N2OS/c1-6-9-14(4,5)17-13(18)15(10-7-2,11-8-3)12(16)19/h6-11H2,1-5H3,(H2,16,19)(H,17,18). The summed E-state index contributed by atoms with van der Waals surface area (Å²) in [6.07, 6.45) is 5.24. The summed E-state index contributed by atoms with van der Waals surface area (Å²) < 4.78 is 0. The van der Waals surface area contributed by atoms with Crippen molar-refractivity contribution < 1.29 is 4.79 Å². The minimum absolute atomic E-state index is 0.00199. The molecule has 0 aromatic carbocycles. The summed E-state index contributed by atoms with van der Waals surface area (Å²) in [5.74, 6) is 0.00199. The zero-order chi connectivity index (χ0) is 15.1. The first kappa shape index (κ1) is 18.4. The first-order valence-corrected chi connectivity index (χ1v) is 7.79. The maximum absolute atomic E-state index is 12.7. The van der Waals surface area contributed by atoms with Crippen molar-refractivity contribution in [1.29, 1.82) is 0 Å². The van der Waals surface area contributed by atoms with Crippen LogP contribution in [0.4, 0.5) is 0 Å².